The van der Waals surface area contributed by atoms with Crippen LogP contribution in [-0.2, 0) is 0 Å². The van der Waals surface area contributed by atoms with E-state index in [4.69, 9.17) is 0 Å². The van der Waals surface area contributed by atoms with Gasteiger partial charge in [-0.15, -0.1) is 0 Å². The molecule has 0 atom stereocenters. The Kier molecular flexibility index (Phi) is 5.42. The maximum atomic E-state index is 11.6. The Labute approximate surface area is 135 Å². The predicted octanol–water partition coefficient (Wildman–Crippen LogP) is 0.417. The Morgan fingerprint density at radius 2 is 1.71 bits per heavy atom. The van der Waals surface area contributed by atoms with Crippen LogP contribution in [0.15, 0.2) is 27.4 Å². The molecule has 0 saturated carbocycles. The molecule has 24 heavy (non-hydrogen) atoms. The highest BCUT2D eigenvalue weighted by atomic mass is 16.6. The molecular formula is C14H15N3O7. The monoisotopic (exact) mass is 337 g/mol. The van der Waals surface area contributed by atoms with Crippen LogP contribution in [0.3, 0.4) is 0 Å². The zero-order chi connectivity index (χ0) is 17.7. The quantitative estimate of drug-likeness (QED) is 0.472. The Hall–Kier alpha value is -3.01. The van der Waals surface area contributed by atoms with Crippen molar-refractivity contribution in [1.82, 2.24) is 0 Å². The summed E-state index contributed by atoms with van der Waals surface area (Å²) in [5.74, 6) is -1.20. The first-order chi connectivity index (χ1) is 11.4. The third-order valence-corrected chi connectivity index (χ3v) is 3.53. The van der Waals surface area contributed by atoms with Gasteiger partial charge in [0.05, 0.1) is 22.9 Å². The van der Waals surface area contributed by atoms with Crippen molar-refractivity contribution < 1.29 is 24.7 Å². The molecule has 0 radical (unpaired) electrons. The highest BCUT2D eigenvalue weighted by molar-refractivity contribution is 5.87. The van der Waals surface area contributed by atoms with Gasteiger partial charge in [-0.05, 0) is 31.1 Å². The predicted molar refractivity (Wildman–Crippen MR) is 80.7 cm³/mol. The van der Waals surface area contributed by atoms with E-state index in [2.05, 4.69) is 9.73 Å². The summed E-state index contributed by atoms with van der Waals surface area (Å²) >= 11 is 0. The van der Waals surface area contributed by atoms with Gasteiger partial charge in [-0.2, -0.15) is 0 Å². The summed E-state index contributed by atoms with van der Waals surface area (Å²) < 4.78 is 4.55. The van der Waals surface area contributed by atoms with Crippen molar-refractivity contribution in [2.45, 2.75) is 19.3 Å². The third-order valence-electron chi connectivity index (χ3n) is 3.53. The molecule has 1 aliphatic heterocycles. The maximum absolute atomic E-state index is 11.6. The highest BCUT2D eigenvalue weighted by Gasteiger charge is 2.19. The number of fused-ring (bicyclic) bond motifs is 1. The van der Waals surface area contributed by atoms with Crippen molar-refractivity contribution in [1.29, 1.82) is 0 Å². The molecule has 3 rings (SSSR count). The molecule has 1 aromatic carbocycles. The zero-order valence-electron chi connectivity index (χ0n) is 12.6. The van der Waals surface area contributed by atoms with Crippen LogP contribution in [-0.4, -0.2) is 22.9 Å². The topological polar surface area (TPSA) is 156 Å². The second-order valence-corrected chi connectivity index (χ2v) is 5.19. The average molecular weight is 337 g/mol. The lowest BCUT2D eigenvalue weighted by molar-refractivity contribution is -0.662. The van der Waals surface area contributed by atoms with E-state index >= 15 is 0 Å². The number of hydrogen-bond donors (Lipinski definition) is 1. The van der Waals surface area contributed by atoms with Gasteiger partial charge in [-0.25, -0.2) is 4.79 Å². The highest BCUT2D eigenvalue weighted by Crippen LogP contribution is 2.30. The van der Waals surface area contributed by atoms with E-state index in [-0.39, 0.29) is 11.0 Å². The molecule has 0 aliphatic carbocycles. The Morgan fingerprint density at radius 1 is 1.04 bits per heavy atom. The molecule has 128 valence electrons. The summed E-state index contributed by atoms with van der Waals surface area (Å²) in [5.41, 5.74) is -3.31. The first kappa shape index (κ1) is 17.3. The third kappa shape index (κ3) is 3.84. The molecule has 10 heteroatoms. The van der Waals surface area contributed by atoms with Gasteiger partial charge in [0.1, 0.15) is 5.58 Å². The van der Waals surface area contributed by atoms with Crippen LogP contribution in [0.4, 0.5) is 11.4 Å². The average Bonchev–Trinajstić information content (AvgIpc) is 2.56. The number of hydrogen-bond acceptors (Lipinski definition) is 7. The minimum absolute atomic E-state index is 0.235. The van der Waals surface area contributed by atoms with Crippen molar-refractivity contribution in [2.24, 2.45) is 0 Å². The molecular weight excluding hydrogens is 322 g/mol. The van der Waals surface area contributed by atoms with E-state index in [0.29, 0.717) is 0 Å². The second kappa shape index (κ2) is 7.51. The minimum Gasteiger partial charge on any atom is -0.867 e. The van der Waals surface area contributed by atoms with E-state index in [1.807, 2.05) is 0 Å². The van der Waals surface area contributed by atoms with Gasteiger partial charge in [0.25, 0.3) is 5.69 Å². The normalized spacial score (nSPS) is 13.8. The van der Waals surface area contributed by atoms with Crippen molar-refractivity contribution in [3.8, 4) is 5.75 Å². The molecule has 2 N–H and O–H groups in total. The van der Waals surface area contributed by atoms with Gasteiger partial charge in [0.15, 0.2) is 0 Å². The standard InChI is InChI=1S/C9H4N2O7.C5H11N/c12-8-5-3-4(10(14)15)1-2-6(5)18-9(13)7(8)11(16)17;1-2-4-6-5-3-1/h1-3,12H;6H,1-5H2. The number of benzene rings is 1. The van der Waals surface area contributed by atoms with Gasteiger partial charge in [-0.3, -0.25) is 20.2 Å². The molecule has 0 amide bonds. The van der Waals surface area contributed by atoms with Gasteiger partial charge in [-0.1, -0.05) is 0 Å². The number of nitrogens with zero attached hydrogens (tertiary/aromatic N) is 2. The number of piperidine rings is 1. The van der Waals surface area contributed by atoms with E-state index in [0.717, 1.165) is 18.2 Å². The lowest BCUT2D eigenvalue weighted by atomic mass is 10.2. The largest absolute Gasteiger partial charge is 0.867 e. The van der Waals surface area contributed by atoms with E-state index < -0.39 is 32.6 Å². The molecule has 1 saturated heterocycles. The number of nitro benzene ring substituents is 1. The summed E-state index contributed by atoms with van der Waals surface area (Å²) in [6.45, 7) is 2.75. The summed E-state index contributed by atoms with van der Waals surface area (Å²) in [6, 6.07) is 2.89. The lowest BCUT2D eigenvalue weighted by Crippen LogP contribution is -2.85. The number of quaternary nitrogens is 1. The SMILES string of the molecule is C1CC[NH2+]CC1.O=c1oc2ccc([N+](=O)[O-])cc2c([O-])c1[N+](=O)[O-]. The first-order valence-corrected chi connectivity index (χ1v) is 7.30. The van der Waals surface area contributed by atoms with E-state index in [1.165, 1.54) is 32.4 Å². The number of nitrogens with two attached hydrogens (primary N) is 1. The molecule has 2 aromatic rings. The minimum atomic E-state index is -1.38. The zero-order valence-corrected chi connectivity index (χ0v) is 12.6. The number of non-ortho nitro benzene ring substituents is 1. The fourth-order valence-corrected chi connectivity index (χ4v) is 2.32. The van der Waals surface area contributed by atoms with Gasteiger partial charge < -0.3 is 14.8 Å². The van der Waals surface area contributed by atoms with Crippen LogP contribution in [0.2, 0.25) is 0 Å². The van der Waals surface area contributed by atoms with Gasteiger partial charge in [0.2, 0.25) is 0 Å². The van der Waals surface area contributed by atoms with Crippen LogP contribution in [0, 0.1) is 20.2 Å². The van der Waals surface area contributed by atoms with Crippen LogP contribution in [0.1, 0.15) is 19.3 Å². The molecule has 10 nitrogen and oxygen atoms in total. The summed E-state index contributed by atoms with van der Waals surface area (Å²) in [4.78, 5) is 30.3. The van der Waals surface area contributed by atoms with Gasteiger partial charge in [0, 0.05) is 17.5 Å². The summed E-state index contributed by atoms with van der Waals surface area (Å²) in [5, 5.41) is 34.7. The van der Waals surface area contributed by atoms with Crippen molar-refractivity contribution >= 4 is 22.3 Å². The van der Waals surface area contributed by atoms with Crippen molar-refractivity contribution in [3.05, 3.63) is 48.8 Å². The first-order valence-electron chi connectivity index (χ1n) is 7.30. The van der Waals surface area contributed by atoms with Crippen LogP contribution >= 0.6 is 0 Å². The van der Waals surface area contributed by atoms with Crippen LogP contribution in [0.25, 0.3) is 11.0 Å². The Bertz CT molecular complexity index is 815. The lowest BCUT2D eigenvalue weighted by Gasteiger charge is -2.08. The molecule has 0 spiro atoms. The molecule has 1 aromatic heterocycles. The number of nitro groups is 2. The summed E-state index contributed by atoms with van der Waals surface area (Å²) in [7, 11) is 0. The number of rotatable bonds is 2. The van der Waals surface area contributed by atoms with Crippen LogP contribution in [0.5, 0.6) is 5.75 Å². The molecule has 0 bridgehead atoms. The summed E-state index contributed by atoms with van der Waals surface area (Å²) in [6.07, 6.45) is 4.36. The maximum Gasteiger partial charge on any atom is 0.414 e. The van der Waals surface area contributed by atoms with Crippen molar-refractivity contribution in [2.75, 3.05) is 13.1 Å². The Morgan fingerprint density at radius 3 is 2.17 bits per heavy atom. The fourth-order valence-electron chi connectivity index (χ4n) is 2.32. The Balaban J connectivity index is 0.000000292. The van der Waals surface area contributed by atoms with Gasteiger partial charge >= 0.3 is 11.3 Å². The fraction of sp³-hybridized carbons (Fsp3) is 0.357. The van der Waals surface area contributed by atoms with E-state index in [1.54, 1.807) is 0 Å². The smallest absolute Gasteiger partial charge is 0.414 e. The molecule has 1 aliphatic rings. The molecule has 0 unspecified atom stereocenters. The van der Waals surface area contributed by atoms with Crippen LogP contribution < -0.4 is 16.0 Å². The molecule has 2 heterocycles. The molecule has 1 fully saturated rings. The van der Waals surface area contributed by atoms with Crippen molar-refractivity contribution in [3.63, 3.8) is 0 Å². The second-order valence-electron chi connectivity index (χ2n) is 5.19. The van der Waals surface area contributed by atoms with E-state index in [9.17, 15) is 30.1 Å².